The summed E-state index contributed by atoms with van der Waals surface area (Å²) in [6.07, 6.45) is -1.08. The third kappa shape index (κ3) is 3.71. The van der Waals surface area contributed by atoms with Crippen molar-refractivity contribution in [3.8, 4) is 29.1 Å². The highest BCUT2D eigenvalue weighted by Crippen LogP contribution is 2.38. The number of halogens is 1. The van der Waals surface area contributed by atoms with Gasteiger partial charge in [-0.1, -0.05) is 21.8 Å². The number of carbonyl (C=O) groups excluding carboxylic acids is 2. The van der Waals surface area contributed by atoms with Crippen molar-refractivity contribution < 1.29 is 34.4 Å². The van der Waals surface area contributed by atoms with Crippen molar-refractivity contribution >= 4 is 34.4 Å². The molecule has 13 heteroatoms. The summed E-state index contributed by atoms with van der Waals surface area (Å²) in [4.78, 5) is 26.7. The molecule has 0 saturated heterocycles. The van der Waals surface area contributed by atoms with Crippen LogP contribution in [0, 0.1) is 12.3 Å². The predicted octanol–water partition coefficient (Wildman–Crippen LogP) is 3.27. The molecule has 0 unspecified atom stereocenters. The Morgan fingerprint density at radius 1 is 1.22 bits per heavy atom. The summed E-state index contributed by atoms with van der Waals surface area (Å²) in [5.41, 5.74) is -0.672. The molecule has 168 valence electrons. The molecule has 0 fully saturated rings. The highest BCUT2D eigenvalue weighted by molar-refractivity contribution is 6.32. The maximum absolute atomic E-state index is 12.9. The van der Waals surface area contributed by atoms with E-state index in [0.717, 1.165) is 10.6 Å². The average Bonchev–Trinajstić information content (AvgIpc) is 3.02. The second-order valence-electron chi connectivity index (χ2n) is 6.41. The number of hydrogen-bond donors (Lipinski definition) is 5. The van der Waals surface area contributed by atoms with E-state index >= 15 is 0 Å². The molecule has 0 atom stereocenters. The van der Waals surface area contributed by atoms with Gasteiger partial charge in [0.05, 0.1) is 30.1 Å². The number of azo groups is 1. The fraction of sp³-hybridized carbons (Fsp3) is 0.211. The number of benzene rings is 1. The van der Waals surface area contributed by atoms with Crippen LogP contribution in [0.25, 0.3) is 16.5 Å². The lowest BCUT2D eigenvalue weighted by Crippen LogP contribution is -2.22. The van der Waals surface area contributed by atoms with Crippen LogP contribution in [0.5, 0.6) is 23.4 Å². The number of rotatable bonds is 4. The minimum absolute atomic E-state index is 0.0253. The zero-order valence-electron chi connectivity index (χ0n) is 17.1. The Bertz CT molecular complexity index is 1340. The number of methoxy groups -OCH3 is 1. The summed E-state index contributed by atoms with van der Waals surface area (Å²) in [7, 11) is 1.28. The van der Waals surface area contributed by atoms with Gasteiger partial charge < -0.3 is 24.8 Å². The van der Waals surface area contributed by atoms with Gasteiger partial charge >= 0.3 is 6.09 Å². The van der Waals surface area contributed by atoms with Crippen LogP contribution in [0.15, 0.2) is 22.4 Å². The Morgan fingerprint density at radius 3 is 2.53 bits per heavy atom. The van der Waals surface area contributed by atoms with Crippen LogP contribution >= 0.6 is 11.6 Å². The lowest BCUT2D eigenvalue weighted by Gasteiger charge is -2.19. The van der Waals surface area contributed by atoms with E-state index < -0.39 is 35.1 Å². The van der Waals surface area contributed by atoms with E-state index in [1.54, 1.807) is 6.92 Å². The summed E-state index contributed by atoms with van der Waals surface area (Å²) in [5, 5.41) is 45.7. The van der Waals surface area contributed by atoms with Gasteiger partial charge in [-0.25, -0.2) is 4.79 Å². The second kappa shape index (κ2) is 8.59. The number of amides is 2. The number of aromatic hydroxyl groups is 3. The smallest absolute Gasteiger partial charge is 0.452 e. The molecular formula is C19H18ClN5O7. The normalized spacial score (nSPS) is 11.2. The number of H-pyrrole nitrogens is 1. The summed E-state index contributed by atoms with van der Waals surface area (Å²) >= 11 is 6.22. The quantitative estimate of drug-likeness (QED) is 0.367. The SMILES string of the molecule is CCOC(=O)N=NC(=O)c1c(C)c(Cl)cc(OC)c1-n1c(O)cc2c(O)[nH]c(O)c2c1=N. The van der Waals surface area contributed by atoms with Crippen LogP contribution in [-0.2, 0) is 4.74 Å². The standard InChI is InChI=1S/C19H18ClN5O7/c1-4-32-19(30)24-23-18(29)12-7(2)9(20)6-10(31-3)14(12)25-11(26)5-8-13(15(25)21)17(28)22-16(8)27/h5-6,21-22,26-28H,4H2,1-3H3. The summed E-state index contributed by atoms with van der Waals surface area (Å²) < 4.78 is 10.8. The first-order chi connectivity index (χ1) is 15.1. The van der Waals surface area contributed by atoms with Crippen LogP contribution < -0.4 is 10.2 Å². The van der Waals surface area contributed by atoms with Crippen molar-refractivity contribution in [3.05, 3.63) is 33.8 Å². The number of carbonyl (C=O) groups is 2. The monoisotopic (exact) mass is 463 g/mol. The lowest BCUT2D eigenvalue weighted by molar-refractivity contribution is 0.0987. The molecular weight excluding hydrogens is 446 g/mol. The molecule has 0 aliphatic carbocycles. The van der Waals surface area contributed by atoms with Crippen LogP contribution in [0.3, 0.4) is 0 Å². The van der Waals surface area contributed by atoms with Crippen LogP contribution in [0.2, 0.25) is 5.02 Å². The fourth-order valence-corrected chi connectivity index (χ4v) is 3.35. The lowest BCUT2D eigenvalue weighted by atomic mass is 10.0. The number of nitrogens with one attached hydrogen (secondary N) is 2. The first kappa shape index (κ1) is 22.6. The average molecular weight is 464 g/mol. The molecule has 2 aromatic heterocycles. The highest BCUT2D eigenvalue weighted by Gasteiger charge is 2.27. The summed E-state index contributed by atoms with van der Waals surface area (Å²) in [5.74, 6) is -2.63. The predicted molar refractivity (Wildman–Crippen MR) is 111 cm³/mol. The van der Waals surface area contributed by atoms with Gasteiger partial charge in [0.2, 0.25) is 5.88 Å². The number of hydrogen-bond acceptors (Lipinski definition) is 8. The van der Waals surface area contributed by atoms with Crippen LogP contribution in [-0.4, -0.2) is 50.6 Å². The van der Waals surface area contributed by atoms with Crippen LogP contribution in [0.1, 0.15) is 22.8 Å². The van der Waals surface area contributed by atoms with Crippen molar-refractivity contribution in [1.29, 1.82) is 5.41 Å². The topological polar surface area (TPSA) is 183 Å². The molecule has 32 heavy (non-hydrogen) atoms. The van der Waals surface area contributed by atoms with Crippen molar-refractivity contribution in [2.75, 3.05) is 13.7 Å². The second-order valence-corrected chi connectivity index (χ2v) is 6.82. The minimum Gasteiger partial charge on any atom is -0.494 e. The number of aromatic amines is 1. The Labute approximate surface area is 184 Å². The van der Waals surface area contributed by atoms with Gasteiger partial charge in [0.1, 0.15) is 16.9 Å². The van der Waals surface area contributed by atoms with Crippen molar-refractivity contribution in [2.45, 2.75) is 13.8 Å². The molecule has 5 N–H and O–H groups in total. The first-order valence-corrected chi connectivity index (χ1v) is 9.43. The first-order valence-electron chi connectivity index (χ1n) is 9.05. The number of fused-ring (bicyclic) bond motifs is 1. The van der Waals surface area contributed by atoms with Gasteiger partial charge in [0.25, 0.3) is 5.91 Å². The molecule has 2 amide bonds. The van der Waals surface area contributed by atoms with Crippen molar-refractivity contribution in [2.24, 2.45) is 10.2 Å². The molecule has 0 aliphatic rings. The Hall–Kier alpha value is -4.06. The van der Waals surface area contributed by atoms with Gasteiger partial charge in [-0.2, -0.15) is 0 Å². The third-order valence-corrected chi connectivity index (χ3v) is 4.96. The van der Waals surface area contributed by atoms with E-state index in [0.29, 0.717) is 0 Å². The molecule has 3 aromatic rings. The maximum Gasteiger partial charge on any atom is 0.452 e. The number of ether oxygens (including phenoxy) is 2. The molecule has 2 heterocycles. The molecule has 0 spiro atoms. The highest BCUT2D eigenvalue weighted by atomic mass is 35.5. The number of aromatic nitrogens is 2. The Morgan fingerprint density at radius 2 is 1.91 bits per heavy atom. The van der Waals surface area contributed by atoms with Gasteiger partial charge in [-0.3, -0.25) is 19.8 Å². The van der Waals surface area contributed by atoms with E-state index in [4.69, 9.17) is 21.7 Å². The van der Waals surface area contributed by atoms with Crippen LogP contribution in [0.4, 0.5) is 4.79 Å². The van der Waals surface area contributed by atoms with E-state index in [1.165, 1.54) is 20.1 Å². The van der Waals surface area contributed by atoms with E-state index in [1.807, 2.05) is 0 Å². The van der Waals surface area contributed by atoms with Crippen molar-refractivity contribution in [3.63, 3.8) is 0 Å². The van der Waals surface area contributed by atoms with Gasteiger partial charge in [-0.05, 0) is 19.4 Å². The molecule has 12 nitrogen and oxygen atoms in total. The van der Waals surface area contributed by atoms with Crippen molar-refractivity contribution in [1.82, 2.24) is 9.55 Å². The molecule has 0 aliphatic heterocycles. The zero-order valence-corrected chi connectivity index (χ0v) is 17.8. The van der Waals surface area contributed by atoms with Gasteiger partial charge in [0.15, 0.2) is 11.8 Å². The molecule has 0 radical (unpaired) electrons. The summed E-state index contributed by atoms with van der Waals surface area (Å²) in [6, 6.07) is 2.44. The summed E-state index contributed by atoms with van der Waals surface area (Å²) in [6.45, 7) is 3.07. The Kier molecular flexibility index (Phi) is 6.07. The number of nitrogens with zero attached hydrogens (tertiary/aromatic N) is 3. The molecule has 3 rings (SSSR count). The van der Waals surface area contributed by atoms with Gasteiger partial charge in [-0.15, -0.1) is 0 Å². The van der Waals surface area contributed by atoms with E-state index in [2.05, 4.69) is 19.9 Å². The molecule has 0 saturated carbocycles. The number of pyridine rings is 1. The fourth-order valence-electron chi connectivity index (χ4n) is 3.15. The zero-order chi connectivity index (χ0) is 23.7. The molecule has 0 bridgehead atoms. The Balaban J connectivity index is 2.38. The maximum atomic E-state index is 12.9. The minimum atomic E-state index is -1.08. The molecule has 1 aromatic carbocycles. The third-order valence-electron chi connectivity index (χ3n) is 4.57. The van der Waals surface area contributed by atoms with E-state index in [-0.39, 0.29) is 45.0 Å². The van der Waals surface area contributed by atoms with E-state index in [9.17, 15) is 24.9 Å². The van der Waals surface area contributed by atoms with Gasteiger partial charge in [0, 0.05) is 17.2 Å². The largest absolute Gasteiger partial charge is 0.494 e.